The molecular weight excluding hydrogens is 607 g/mol. The summed E-state index contributed by atoms with van der Waals surface area (Å²) in [7, 11) is 0. The van der Waals surface area contributed by atoms with E-state index in [1.807, 2.05) is 67.9 Å². The van der Waals surface area contributed by atoms with E-state index in [2.05, 4.69) is 4.74 Å². The minimum absolute atomic E-state index is 0.217. The predicted octanol–water partition coefficient (Wildman–Crippen LogP) is 8.62. The Morgan fingerprint density at radius 1 is 0.933 bits per heavy atom. The molecule has 4 aromatic rings. The van der Waals surface area contributed by atoms with Crippen molar-refractivity contribution in [2.24, 2.45) is 4.99 Å². The van der Waals surface area contributed by atoms with E-state index in [1.54, 1.807) is 32.9 Å². The number of alkyl halides is 3. The highest BCUT2D eigenvalue weighted by atomic mass is 35.5. The van der Waals surface area contributed by atoms with Gasteiger partial charge in [-0.25, -0.2) is 4.79 Å². The molecule has 4 rings (SSSR count). The van der Waals surface area contributed by atoms with E-state index in [9.17, 15) is 18.0 Å². The molecule has 0 N–H and O–H groups in total. The molecule has 0 saturated heterocycles. The van der Waals surface area contributed by atoms with Crippen LogP contribution in [0.15, 0.2) is 83.9 Å². The Hall–Kier alpha value is -4.31. The second-order valence-electron chi connectivity index (χ2n) is 11.2. The van der Waals surface area contributed by atoms with Crippen LogP contribution in [-0.2, 0) is 21.6 Å². The van der Waals surface area contributed by atoms with Crippen molar-refractivity contribution >= 4 is 23.3 Å². The van der Waals surface area contributed by atoms with E-state index < -0.39 is 23.5 Å². The summed E-state index contributed by atoms with van der Waals surface area (Å²) in [6.07, 6.45) is -4.79. The fraction of sp³-hybridized carbons (Fsp3) is 0.324. The standard InChI is InChI=1S/C34H35ClF3N3O4/c1-7-43-31(42)32(4,5)45-29-18-15-25(19-27(29)35)33(6,39-22(2)3)30-20-28(40-41(30)21-23-11-9-8-10-12-23)24-13-16-26(17-14-24)44-34(36,37)38/h8-20H,7,21H2,1-6H3. The van der Waals surface area contributed by atoms with E-state index in [4.69, 9.17) is 31.2 Å². The number of ether oxygens (including phenoxy) is 3. The van der Waals surface area contributed by atoms with Gasteiger partial charge in [0.2, 0.25) is 0 Å². The van der Waals surface area contributed by atoms with Gasteiger partial charge in [0.15, 0.2) is 5.60 Å². The van der Waals surface area contributed by atoms with Gasteiger partial charge in [-0.2, -0.15) is 5.10 Å². The summed E-state index contributed by atoms with van der Waals surface area (Å²) >= 11 is 6.74. The van der Waals surface area contributed by atoms with Crippen molar-refractivity contribution in [3.63, 3.8) is 0 Å². The zero-order valence-electron chi connectivity index (χ0n) is 25.9. The molecule has 0 saturated carbocycles. The van der Waals surface area contributed by atoms with E-state index >= 15 is 0 Å². The smallest absolute Gasteiger partial charge is 0.475 e. The lowest BCUT2D eigenvalue weighted by Gasteiger charge is -2.29. The van der Waals surface area contributed by atoms with Gasteiger partial charge in [-0.15, -0.1) is 13.2 Å². The molecule has 0 amide bonds. The molecule has 0 fully saturated rings. The molecule has 3 aromatic carbocycles. The quantitative estimate of drug-likeness (QED) is 0.121. The Morgan fingerprint density at radius 3 is 2.18 bits per heavy atom. The van der Waals surface area contributed by atoms with E-state index in [0.717, 1.165) is 22.5 Å². The summed E-state index contributed by atoms with van der Waals surface area (Å²) in [6.45, 7) is 11.3. The van der Waals surface area contributed by atoms with Crippen molar-refractivity contribution < 1.29 is 32.2 Å². The van der Waals surface area contributed by atoms with Crippen molar-refractivity contribution in [3.8, 4) is 22.8 Å². The lowest BCUT2D eigenvalue weighted by Crippen LogP contribution is -2.39. The molecule has 0 aliphatic carbocycles. The Bertz CT molecular complexity index is 1660. The second-order valence-corrected chi connectivity index (χ2v) is 11.6. The molecule has 0 bridgehead atoms. The fourth-order valence-corrected chi connectivity index (χ4v) is 5.10. The average molecular weight is 642 g/mol. The zero-order valence-corrected chi connectivity index (χ0v) is 26.7. The molecule has 0 spiro atoms. The number of aromatic nitrogens is 2. The van der Waals surface area contributed by atoms with Crippen molar-refractivity contribution in [1.29, 1.82) is 0 Å². The number of carbonyl (C=O) groups excluding carboxylic acids is 1. The number of benzene rings is 3. The van der Waals surface area contributed by atoms with Crippen LogP contribution >= 0.6 is 11.6 Å². The molecule has 45 heavy (non-hydrogen) atoms. The van der Waals surface area contributed by atoms with Crippen LogP contribution in [0.25, 0.3) is 11.3 Å². The first-order chi connectivity index (χ1) is 21.1. The number of rotatable bonds is 11. The molecule has 0 radical (unpaired) electrons. The molecule has 1 unspecified atom stereocenters. The Morgan fingerprint density at radius 2 is 1.60 bits per heavy atom. The number of aliphatic imine (C=N–C) groups is 1. The van der Waals surface area contributed by atoms with Crippen LogP contribution in [0.2, 0.25) is 5.02 Å². The molecule has 0 aliphatic rings. The van der Waals surface area contributed by atoms with Crippen LogP contribution in [0, 0.1) is 0 Å². The summed E-state index contributed by atoms with van der Waals surface area (Å²) in [6, 6.07) is 22.4. The molecule has 1 aromatic heterocycles. The van der Waals surface area contributed by atoms with Gasteiger partial charge in [-0.05, 0) is 95.1 Å². The van der Waals surface area contributed by atoms with Gasteiger partial charge in [0.05, 0.1) is 29.6 Å². The van der Waals surface area contributed by atoms with Crippen LogP contribution in [0.1, 0.15) is 58.4 Å². The van der Waals surface area contributed by atoms with Gasteiger partial charge < -0.3 is 14.2 Å². The maximum Gasteiger partial charge on any atom is 0.573 e. The normalized spacial score (nSPS) is 13.1. The molecule has 1 heterocycles. The Balaban J connectivity index is 1.81. The van der Waals surface area contributed by atoms with Gasteiger partial charge in [-0.1, -0.05) is 48.0 Å². The van der Waals surface area contributed by atoms with Gasteiger partial charge >= 0.3 is 12.3 Å². The third-order valence-electron chi connectivity index (χ3n) is 6.91. The fourth-order valence-electron chi connectivity index (χ4n) is 4.88. The minimum atomic E-state index is -4.79. The first kappa shape index (κ1) is 33.6. The van der Waals surface area contributed by atoms with E-state index in [0.29, 0.717) is 23.6 Å². The summed E-state index contributed by atoms with van der Waals surface area (Å²) in [5, 5.41) is 5.15. The third kappa shape index (κ3) is 8.25. The summed E-state index contributed by atoms with van der Waals surface area (Å²) < 4.78 is 55.2. The lowest BCUT2D eigenvalue weighted by atomic mass is 9.88. The highest BCUT2D eigenvalue weighted by molar-refractivity contribution is 6.32. The molecule has 0 aliphatic heterocycles. The largest absolute Gasteiger partial charge is 0.573 e. The monoisotopic (exact) mass is 641 g/mol. The van der Waals surface area contributed by atoms with Crippen LogP contribution in [-0.4, -0.2) is 40.0 Å². The highest BCUT2D eigenvalue weighted by Crippen LogP contribution is 2.40. The number of carbonyl (C=O) groups is 1. The number of esters is 1. The third-order valence-corrected chi connectivity index (χ3v) is 7.21. The molecular formula is C34H35ClF3N3O4. The molecule has 238 valence electrons. The van der Waals surface area contributed by atoms with E-state index in [1.165, 1.54) is 24.3 Å². The highest BCUT2D eigenvalue weighted by Gasteiger charge is 2.36. The van der Waals surface area contributed by atoms with Crippen molar-refractivity contribution in [3.05, 3.63) is 101 Å². The lowest BCUT2D eigenvalue weighted by molar-refractivity contribution is -0.274. The van der Waals surface area contributed by atoms with Crippen LogP contribution < -0.4 is 9.47 Å². The summed E-state index contributed by atoms with van der Waals surface area (Å²) in [5.74, 6) is -0.538. The zero-order chi connectivity index (χ0) is 33.0. The maximum atomic E-state index is 12.7. The van der Waals surface area contributed by atoms with Gasteiger partial charge in [0.25, 0.3) is 0 Å². The number of halogens is 4. The van der Waals surface area contributed by atoms with Crippen molar-refractivity contribution in [1.82, 2.24) is 9.78 Å². The SMILES string of the molecule is CCOC(=O)C(C)(C)Oc1ccc(C(C)(N=C(C)C)c2cc(-c3ccc(OC(F)(F)F)cc3)nn2Cc2ccccc2)cc1Cl. The Kier molecular flexibility index (Phi) is 9.97. The molecule has 7 nitrogen and oxygen atoms in total. The number of hydrogen-bond acceptors (Lipinski definition) is 6. The van der Waals surface area contributed by atoms with Crippen LogP contribution in [0.5, 0.6) is 11.5 Å². The van der Waals surface area contributed by atoms with Crippen LogP contribution in [0.4, 0.5) is 13.2 Å². The van der Waals surface area contributed by atoms with Crippen molar-refractivity contribution in [2.75, 3.05) is 6.61 Å². The summed E-state index contributed by atoms with van der Waals surface area (Å²) in [5.41, 5.74) is 2.09. The number of nitrogens with zero attached hydrogens (tertiary/aromatic N) is 3. The van der Waals surface area contributed by atoms with Gasteiger partial charge in [0, 0.05) is 11.3 Å². The molecule has 1 atom stereocenters. The van der Waals surface area contributed by atoms with Gasteiger partial charge in [-0.3, -0.25) is 9.67 Å². The Labute approximate surface area is 265 Å². The number of hydrogen-bond donors (Lipinski definition) is 0. The maximum absolute atomic E-state index is 12.7. The minimum Gasteiger partial charge on any atom is -0.475 e. The average Bonchev–Trinajstić information content (AvgIpc) is 3.38. The first-order valence-corrected chi connectivity index (χ1v) is 14.7. The van der Waals surface area contributed by atoms with Crippen LogP contribution in [0.3, 0.4) is 0 Å². The summed E-state index contributed by atoms with van der Waals surface area (Å²) in [4.78, 5) is 17.5. The molecule has 11 heteroatoms. The van der Waals surface area contributed by atoms with E-state index in [-0.39, 0.29) is 17.4 Å². The van der Waals surface area contributed by atoms with Gasteiger partial charge in [0.1, 0.15) is 17.0 Å². The predicted molar refractivity (Wildman–Crippen MR) is 168 cm³/mol. The topological polar surface area (TPSA) is 74.9 Å². The first-order valence-electron chi connectivity index (χ1n) is 14.3. The van der Waals surface area contributed by atoms with Crippen molar-refractivity contribution in [2.45, 2.75) is 65.6 Å². The second kappa shape index (κ2) is 13.4.